The Hall–Kier alpha value is -3.92. The molecule has 0 aliphatic carbocycles. The van der Waals surface area contributed by atoms with Crippen LogP contribution in [0.3, 0.4) is 0 Å². The minimum atomic E-state index is -0.255. The molecule has 0 spiro atoms. The fourth-order valence-electron chi connectivity index (χ4n) is 4.06. The summed E-state index contributed by atoms with van der Waals surface area (Å²) >= 11 is 0. The number of hydrogen-bond acceptors (Lipinski definition) is 2. The van der Waals surface area contributed by atoms with Crippen molar-refractivity contribution in [2.45, 2.75) is 13.5 Å². The fraction of sp³-hybridized carbons (Fsp3) is 0.0741. The van der Waals surface area contributed by atoms with Crippen molar-refractivity contribution < 1.29 is 4.39 Å². The van der Waals surface area contributed by atoms with Gasteiger partial charge in [-0.2, -0.15) is 5.10 Å². The zero-order valence-electron chi connectivity index (χ0n) is 17.2. The Balaban J connectivity index is 1.48. The number of rotatable bonds is 5. The Bertz CT molecular complexity index is 1390. The number of hydrogen-bond donors (Lipinski definition) is 1. The Kier molecular flexibility index (Phi) is 4.97. The number of nitrogens with one attached hydrogen (secondary N) is 1. The van der Waals surface area contributed by atoms with Gasteiger partial charge in [0.15, 0.2) is 0 Å². The molecule has 0 fully saturated rings. The van der Waals surface area contributed by atoms with Crippen molar-refractivity contribution in [1.82, 2.24) is 15.1 Å². The van der Waals surface area contributed by atoms with E-state index in [4.69, 9.17) is 0 Å². The number of benzene rings is 4. The van der Waals surface area contributed by atoms with E-state index < -0.39 is 0 Å². The molecule has 4 heteroatoms. The summed E-state index contributed by atoms with van der Waals surface area (Å²) < 4.78 is 15.2. The number of nitrogens with zero attached hydrogens (tertiary/aromatic N) is 2. The maximum absolute atomic E-state index is 13.3. The van der Waals surface area contributed by atoms with E-state index in [1.54, 1.807) is 12.1 Å². The van der Waals surface area contributed by atoms with Crippen LogP contribution in [0.5, 0.6) is 0 Å². The summed E-state index contributed by atoms with van der Waals surface area (Å²) in [5.41, 5.74) is 5.21. The Labute approximate surface area is 180 Å². The largest absolute Gasteiger partial charge is 0.381 e. The van der Waals surface area contributed by atoms with Crippen LogP contribution in [0.4, 0.5) is 4.39 Å². The quantitative estimate of drug-likeness (QED) is 0.362. The molecule has 4 aromatic carbocycles. The second kappa shape index (κ2) is 8.07. The lowest BCUT2D eigenvalue weighted by Crippen LogP contribution is -2.12. The van der Waals surface area contributed by atoms with Crippen LogP contribution in [0.2, 0.25) is 0 Å². The molecule has 1 N–H and O–H groups in total. The molecule has 5 rings (SSSR count). The van der Waals surface area contributed by atoms with E-state index in [0.717, 1.165) is 34.4 Å². The molecule has 31 heavy (non-hydrogen) atoms. The van der Waals surface area contributed by atoms with Gasteiger partial charge in [-0.1, -0.05) is 60.7 Å². The minimum Gasteiger partial charge on any atom is -0.381 e. The second-order valence-electron chi connectivity index (χ2n) is 7.47. The molecular formula is C27H22FN3. The van der Waals surface area contributed by atoms with Crippen LogP contribution in [0.25, 0.3) is 33.1 Å². The molecule has 0 aliphatic rings. The Morgan fingerprint density at radius 2 is 1.68 bits per heavy atom. The molecule has 0 radical (unpaired) electrons. The SMILES string of the molecule is C/C=C(\NCc1cccc2ccccc12)c1cccc2c1cnn2-c1ccc(F)cc1. The van der Waals surface area contributed by atoms with Crippen molar-refractivity contribution in [2.75, 3.05) is 0 Å². The molecule has 3 nitrogen and oxygen atoms in total. The van der Waals surface area contributed by atoms with Crippen molar-refractivity contribution in [3.63, 3.8) is 0 Å². The molecule has 152 valence electrons. The van der Waals surface area contributed by atoms with Gasteiger partial charge in [-0.15, -0.1) is 0 Å². The molecule has 5 aromatic rings. The van der Waals surface area contributed by atoms with E-state index in [0.29, 0.717) is 0 Å². The topological polar surface area (TPSA) is 29.9 Å². The third kappa shape index (κ3) is 3.57. The first-order valence-electron chi connectivity index (χ1n) is 10.3. The van der Waals surface area contributed by atoms with Crippen molar-refractivity contribution in [1.29, 1.82) is 0 Å². The maximum Gasteiger partial charge on any atom is 0.123 e. The van der Waals surface area contributed by atoms with Gasteiger partial charge in [0.2, 0.25) is 0 Å². The lowest BCUT2D eigenvalue weighted by Gasteiger charge is -2.14. The van der Waals surface area contributed by atoms with E-state index in [-0.39, 0.29) is 5.82 Å². The van der Waals surface area contributed by atoms with Crippen LogP contribution in [0.15, 0.2) is 97.2 Å². The average Bonchev–Trinajstić information content (AvgIpc) is 3.25. The monoisotopic (exact) mass is 407 g/mol. The highest BCUT2D eigenvalue weighted by Crippen LogP contribution is 2.27. The van der Waals surface area contributed by atoms with Gasteiger partial charge in [0.1, 0.15) is 5.82 Å². The van der Waals surface area contributed by atoms with Crippen molar-refractivity contribution >= 4 is 27.4 Å². The van der Waals surface area contributed by atoms with Gasteiger partial charge < -0.3 is 5.32 Å². The lowest BCUT2D eigenvalue weighted by molar-refractivity contribution is 0.627. The first kappa shape index (κ1) is 19.1. The molecule has 0 bridgehead atoms. The molecule has 1 aromatic heterocycles. The summed E-state index contributed by atoms with van der Waals surface area (Å²) in [7, 11) is 0. The van der Waals surface area contributed by atoms with Gasteiger partial charge in [0.05, 0.1) is 17.4 Å². The van der Waals surface area contributed by atoms with Crippen LogP contribution in [-0.4, -0.2) is 9.78 Å². The van der Waals surface area contributed by atoms with Crippen LogP contribution in [-0.2, 0) is 6.54 Å². The summed E-state index contributed by atoms with van der Waals surface area (Å²) in [6.07, 6.45) is 3.96. The summed E-state index contributed by atoms with van der Waals surface area (Å²) in [4.78, 5) is 0. The predicted octanol–water partition coefficient (Wildman–Crippen LogP) is 6.47. The van der Waals surface area contributed by atoms with Gasteiger partial charge in [0, 0.05) is 23.2 Å². The zero-order valence-corrected chi connectivity index (χ0v) is 17.2. The highest BCUT2D eigenvalue weighted by molar-refractivity contribution is 5.92. The van der Waals surface area contributed by atoms with Crippen LogP contribution in [0.1, 0.15) is 18.1 Å². The average molecular weight is 407 g/mol. The van der Waals surface area contributed by atoms with Gasteiger partial charge in [-0.05, 0) is 53.6 Å². The summed E-state index contributed by atoms with van der Waals surface area (Å²) in [6, 6.07) is 27.4. The standard InChI is InChI=1S/C27H22FN3/c1-2-26(29-17-20-9-5-8-19-7-3-4-10-23(19)20)24-11-6-12-27-25(24)18-30-31(27)22-15-13-21(28)14-16-22/h2-16,18,29H,17H2,1H3/b26-2-. The number of aromatic nitrogens is 2. The first-order valence-corrected chi connectivity index (χ1v) is 10.3. The molecule has 0 atom stereocenters. The Morgan fingerprint density at radius 3 is 2.52 bits per heavy atom. The molecule has 1 heterocycles. The summed E-state index contributed by atoms with van der Waals surface area (Å²) in [6.45, 7) is 2.76. The number of halogens is 1. The molecule has 0 saturated heterocycles. The zero-order chi connectivity index (χ0) is 21.2. The van der Waals surface area contributed by atoms with Gasteiger partial charge in [0.25, 0.3) is 0 Å². The van der Waals surface area contributed by atoms with Crippen LogP contribution >= 0.6 is 0 Å². The van der Waals surface area contributed by atoms with E-state index in [2.05, 4.69) is 65.0 Å². The van der Waals surface area contributed by atoms with Crippen molar-refractivity contribution in [2.24, 2.45) is 0 Å². The fourth-order valence-corrected chi connectivity index (χ4v) is 4.06. The third-order valence-electron chi connectivity index (χ3n) is 5.61. The van der Waals surface area contributed by atoms with Gasteiger partial charge in [-0.25, -0.2) is 9.07 Å². The molecule has 0 amide bonds. The van der Waals surface area contributed by atoms with Gasteiger partial charge in [-0.3, -0.25) is 0 Å². The summed E-state index contributed by atoms with van der Waals surface area (Å²) in [5, 5.41) is 11.7. The summed E-state index contributed by atoms with van der Waals surface area (Å²) in [5.74, 6) is -0.255. The van der Waals surface area contributed by atoms with Crippen molar-refractivity contribution in [3.8, 4) is 5.69 Å². The van der Waals surface area contributed by atoms with Gasteiger partial charge >= 0.3 is 0 Å². The highest BCUT2D eigenvalue weighted by atomic mass is 19.1. The van der Waals surface area contributed by atoms with E-state index >= 15 is 0 Å². The van der Waals surface area contributed by atoms with E-state index in [1.807, 2.05) is 29.9 Å². The number of allylic oxidation sites excluding steroid dienone is 1. The van der Waals surface area contributed by atoms with E-state index in [9.17, 15) is 4.39 Å². The third-order valence-corrected chi connectivity index (χ3v) is 5.61. The minimum absolute atomic E-state index is 0.255. The van der Waals surface area contributed by atoms with E-state index in [1.165, 1.54) is 28.5 Å². The molecule has 0 aliphatic heterocycles. The number of fused-ring (bicyclic) bond motifs is 2. The second-order valence-corrected chi connectivity index (χ2v) is 7.47. The molecule has 0 unspecified atom stereocenters. The normalized spacial score (nSPS) is 11.9. The molecule has 0 saturated carbocycles. The molecular weight excluding hydrogens is 385 g/mol. The van der Waals surface area contributed by atoms with Crippen LogP contribution < -0.4 is 5.32 Å². The van der Waals surface area contributed by atoms with Crippen molar-refractivity contribution in [3.05, 3.63) is 114 Å². The lowest BCUT2D eigenvalue weighted by atomic mass is 10.0. The predicted molar refractivity (Wildman–Crippen MR) is 125 cm³/mol. The smallest absolute Gasteiger partial charge is 0.123 e. The Morgan fingerprint density at radius 1 is 0.903 bits per heavy atom. The van der Waals surface area contributed by atoms with Crippen LogP contribution in [0, 0.1) is 5.82 Å². The highest BCUT2D eigenvalue weighted by Gasteiger charge is 2.12. The maximum atomic E-state index is 13.3. The first-order chi connectivity index (χ1) is 15.2.